The summed E-state index contributed by atoms with van der Waals surface area (Å²) in [5.41, 5.74) is 3.97. The molecule has 1 amide bonds. The number of nitrogens with zero attached hydrogens (tertiary/aromatic N) is 4. The first kappa shape index (κ1) is 28.0. The Bertz CT molecular complexity index is 1780. The fourth-order valence-electron chi connectivity index (χ4n) is 5.32. The summed E-state index contributed by atoms with van der Waals surface area (Å²) >= 11 is 7.07. The van der Waals surface area contributed by atoms with E-state index in [0.717, 1.165) is 27.9 Å². The first-order chi connectivity index (χ1) is 20.9. The van der Waals surface area contributed by atoms with Crippen LogP contribution in [0.2, 0.25) is 5.02 Å². The number of rotatable bonds is 5. The number of anilines is 1. The van der Waals surface area contributed by atoms with Crippen LogP contribution in [0.1, 0.15) is 17.9 Å². The number of hydrogen-bond acceptors (Lipinski definition) is 9. The zero-order valence-electron chi connectivity index (χ0n) is 22.0. The molecule has 220 valence electrons. The number of halogens is 3. The van der Waals surface area contributed by atoms with E-state index in [9.17, 15) is 18.7 Å². The quantitative estimate of drug-likeness (QED) is 0.265. The van der Waals surface area contributed by atoms with Gasteiger partial charge in [-0.15, -0.1) is 16.4 Å². The van der Waals surface area contributed by atoms with Gasteiger partial charge in [-0.2, -0.15) is 0 Å². The minimum Gasteiger partial charge on any atom is -0.387 e. The normalized spacial score (nSPS) is 25.4. The predicted molar refractivity (Wildman–Crippen MR) is 152 cm³/mol. The lowest BCUT2D eigenvalue weighted by atomic mass is 9.91. The van der Waals surface area contributed by atoms with Crippen molar-refractivity contribution in [1.29, 1.82) is 0 Å². The number of aliphatic hydroxyl groups is 1. The molecule has 5 aromatic rings. The zero-order chi connectivity index (χ0) is 29.7. The number of benzene rings is 3. The molecule has 0 spiro atoms. The molecule has 2 N–H and O–H groups in total. The van der Waals surface area contributed by atoms with Crippen LogP contribution in [0, 0.1) is 11.6 Å². The molecule has 4 heterocycles. The summed E-state index contributed by atoms with van der Waals surface area (Å²) in [7, 11) is 0. The molecule has 0 aliphatic carbocycles. The van der Waals surface area contributed by atoms with E-state index < -0.39 is 59.3 Å². The Morgan fingerprint density at radius 1 is 1.09 bits per heavy atom. The van der Waals surface area contributed by atoms with Crippen molar-refractivity contribution in [2.75, 3.05) is 11.9 Å². The van der Waals surface area contributed by atoms with Crippen LogP contribution in [-0.4, -0.2) is 62.0 Å². The van der Waals surface area contributed by atoms with Crippen molar-refractivity contribution < 1.29 is 32.9 Å². The average Bonchev–Trinajstić information content (AvgIpc) is 3.69. The third-order valence-corrected chi connectivity index (χ3v) is 8.55. The van der Waals surface area contributed by atoms with Crippen molar-refractivity contribution >= 4 is 44.7 Å². The van der Waals surface area contributed by atoms with Crippen LogP contribution in [0.15, 0.2) is 72.4 Å². The SMILES string of the molecule is O=C(Nc1ccc2ncsc2c1)[C@@H]1O[C@@H]2CO[C@H](c3ccccc3)O[C@@H]2[C@H](n2cc(-c3cc(F)c(Cl)c(F)c3)nn2)[C@H]1O. The third kappa shape index (κ3) is 5.28. The highest BCUT2D eigenvalue weighted by Crippen LogP contribution is 2.40. The summed E-state index contributed by atoms with van der Waals surface area (Å²) in [5.74, 6) is -2.50. The average molecular weight is 626 g/mol. The molecular weight excluding hydrogens is 604 g/mol. The fourth-order valence-corrected chi connectivity index (χ4v) is 6.14. The van der Waals surface area contributed by atoms with E-state index in [1.807, 2.05) is 30.3 Å². The lowest BCUT2D eigenvalue weighted by Crippen LogP contribution is -2.61. The van der Waals surface area contributed by atoms with E-state index in [2.05, 4.69) is 20.6 Å². The van der Waals surface area contributed by atoms with Crippen LogP contribution in [0.25, 0.3) is 21.5 Å². The topological polar surface area (TPSA) is 121 Å². The Morgan fingerprint density at radius 3 is 2.67 bits per heavy atom. The summed E-state index contributed by atoms with van der Waals surface area (Å²) in [6.45, 7) is 0.0548. The van der Waals surface area contributed by atoms with E-state index >= 15 is 0 Å². The molecule has 43 heavy (non-hydrogen) atoms. The number of hydrogen-bond donors (Lipinski definition) is 2. The standard InChI is InChI=1S/C29H22ClF2N5O5S/c30-23-17(31)8-15(9-18(23)32)20-11-37(36-35-20)24-25(38)27(28(39)34-16-6-7-19-22(10-16)43-13-33-19)41-21-12-40-29(42-26(21)24)14-4-2-1-3-5-14/h1-11,13,21,24-27,29,38H,12H2,(H,34,39)/t21-,24-,25-,26+,27-,29+/m1/s1. The Balaban J connectivity index is 1.21. The zero-order valence-corrected chi connectivity index (χ0v) is 23.6. The summed E-state index contributed by atoms with van der Waals surface area (Å²) in [6, 6.07) is 15.6. The number of aromatic nitrogens is 4. The Hall–Kier alpha value is -3.85. The van der Waals surface area contributed by atoms with Crippen LogP contribution in [0.5, 0.6) is 0 Å². The minimum atomic E-state index is -1.46. The largest absolute Gasteiger partial charge is 0.387 e. The molecule has 0 saturated carbocycles. The monoisotopic (exact) mass is 625 g/mol. The molecule has 10 nitrogen and oxygen atoms in total. The fraction of sp³-hybridized carbons (Fsp3) is 0.241. The Kier molecular flexibility index (Phi) is 7.37. The van der Waals surface area contributed by atoms with E-state index in [1.54, 1.807) is 23.7 Å². The van der Waals surface area contributed by atoms with E-state index in [1.165, 1.54) is 22.2 Å². The first-order valence-corrected chi connectivity index (χ1v) is 14.5. The highest BCUT2D eigenvalue weighted by molar-refractivity contribution is 7.16. The number of aliphatic hydroxyl groups excluding tert-OH is 1. The molecule has 3 aromatic carbocycles. The number of nitrogens with one attached hydrogen (secondary N) is 1. The van der Waals surface area contributed by atoms with Crippen molar-refractivity contribution in [2.24, 2.45) is 0 Å². The summed E-state index contributed by atoms with van der Waals surface area (Å²) in [4.78, 5) is 17.7. The van der Waals surface area contributed by atoms with Gasteiger partial charge in [-0.05, 0) is 30.3 Å². The third-order valence-electron chi connectivity index (χ3n) is 7.40. The number of carbonyl (C=O) groups is 1. The number of fused-ring (bicyclic) bond motifs is 2. The minimum absolute atomic E-state index is 0.0548. The van der Waals surface area contributed by atoms with Crippen LogP contribution in [-0.2, 0) is 19.0 Å². The molecule has 2 saturated heterocycles. The van der Waals surface area contributed by atoms with Crippen LogP contribution < -0.4 is 5.32 Å². The number of carbonyl (C=O) groups excluding carboxylic acids is 1. The maximum Gasteiger partial charge on any atom is 0.256 e. The molecule has 0 bridgehead atoms. The predicted octanol–water partition coefficient (Wildman–Crippen LogP) is 4.91. The molecule has 2 aromatic heterocycles. The molecular formula is C29H22ClF2N5O5S. The van der Waals surface area contributed by atoms with Crippen molar-refractivity contribution in [2.45, 2.75) is 36.7 Å². The second kappa shape index (κ2) is 11.3. The van der Waals surface area contributed by atoms with Crippen LogP contribution in [0.3, 0.4) is 0 Å². The van der Waals surface area contributed by atoms with Gasteiger partial charge in [0.2, 0.25) is 0 Å². The van der Waals surface area contributed by atoms with E-state index in [4.69, 9.17) is 25.8 Å². The van der Waals surface area contributed by atoms with Gasteiger partial charge in [-0.1, -0.05) is 47.1 Å². The second-order valence-corrected chi connectivity index (χ2v) is 11.4. The molecule has 2 aliphatic rings. The lowest BCUT2D eigenvalue weighted by Gasteiger charge is -2.47. The molecule has 0 radical (unpaired) electrons. The summed E-state index contributed by atoms with van der Waals surface area (Å²) in [5, 5.41) is 22.0. The van der Waals surface area contributed by atoms with Gasteiger partial charge < -0.3 is 24.6 Å². The van der Waals surface area contributed by atoms with Gasteiger partial charge in [0, 0.05) is 16.8 Å². The Morgan fingerprint density at radius 2 is 1.88 bits per heavy atom. The molecule has 6 atom stereocenters. The summed E-state index contributed by atoms with van der Waals surface area (Å²) in [6.07, 6.45) is -3.77. The van der Waals surface area contributed by atoms with E-state index in [0.29, 0.717) is 5.69 Å². The molecule has 0 unspecified atom stereocenters. The highest BCUT2D eigenvalue weighted by atomic mass is 35.5. The van der Waals surface area contributed by atoms with Crippen molar-refractivity contribution in [3.8, 4) is 11.3 Å². The molecule has 14 heteroatoms. The van der Waals surface area contributed by atoms with Crippen molar-refractivity contribution in [1.82, 2.24) is 20.0 Å². The number of amides is 1. The first-order valence-electron chi connectivity index (χ1n) is 13.2. The van der Waals surface area contributed by atoms with Crippen molar-refractivity contribution in [3.63, 3.8) is 0 Å². The van der Waals surface area contributed by atoms with Gasteiger partial charge in [-0.3, -0.25) is 4.79 Å². The van der Waals surface area contributed by atoms with Gasteiger partial charge in [0.05, 0.1) is 28.5 Å². The van der Waals surface area contributed by atoms with Gasteiger partial charge in [-0.25, -0.2) is 18.4 Å². The number of thiazole rings is 1. The van der Waals surface area contributed by atoms with Gasteiger partial charge in [0.1, 0.15) is 46.7 Å². The molecule has 2 aliphatic heterocycles. The Labute approximate surface area is 251 Å². The smallest absolute Gasteiger partial charge is 0.256 e. The highest BCUT2D eigenvalue weighted by Gasteiger charge is 2.53. The lowest BCUT2D eigenvalue weighted by molar-refractivity contribution is -0.312. The molecule has 7 rings (SSSR count). The van der Waals surface area contributed by atoms with E-state index in [-0.39, 0.29) is 17.9 Å². The van der Waals surface area contributed by atoms with Gasteiger partial charge in [0.25, 0.3) is 5.91 Å². The van der Waals surface area contributed by atoms with Crippen LogP contribution in [0.4, 0.5) is 14.5 Å². The maximum atomic E-state index is 14.2. The molecule has 2 fully saturated rings. The van der Waals surface area contributed by atoms with Gasteiger partial charge >= 0.3 is 0 Å². The second-order valence-electron chi connectivity index (χ2n) is 10.1. The van der Waals surface area contributed by atoms with Crippen LogP contribution >= 0.6 is 22.9 Å². The summed E-state index contributed by atoms with van der Waals surface area (Å²) < 4.78 is 48.9. The van der Waals surface area contributed by atoms with Gasteiger partial charge in [0.15, 0.2) is 12.4 Å². The van der Waals surface area contributed by atoms with Crippen molar-refractivity contribution in [3.05, 3.63) is 94.6 Å². The maximum absolute atomic E-state index is 14.2. The number of ether oxygens (including phenoxy) is 3.